The molecule has 1 aliphatic carbocycles. The molecule has 1 saturated heterocycles. The van der Waals surface area contributed by atoms with Crippen LogP contribution < -0.4 is 10.2 Å². The van der Waals surface area contributed by atoms with Crippen LogP contribution in [0.3, 0.4) is 0 Å². The Morgan fingerprint density at radius 2 is 2.04 bits per heavy atom. The molecular weight excluding hydrogens is 344 g/mol. The molecule has 1 saturated carbocycles. The van der Waals surface area contributed by atoms with Crippen molar-refractivity contribution in [2.24, 2.45) is 5.92 Å². The van der Waals surface area contributed by atoms with Gasteiger partial charge in [-0.05, 0) is 25.0 Å². The molecule has 2 aromatic heterocycles. The molecule has 8 nitrogen and oxygen atoms in total. The summed E-state index contributed by atoms with van der Waals surface area (Å²) in [4.78, 5) is 25.3. The first-order chi connectivity index (χ1) is 13.1. The monoisotopic (exact) mass is 370 g/mol. The number of amides is 1. The van der Waals surface area contributed by atoms with Crippen LogP contribution in [0.1, 0.15) is 44.3 Å². The van der Waals surface area contributed by atoms with E-state index in [1.807, 2.05) is 18.3 Å². The highest BCUT2D eigenvalue weighted by Gasteiger charge is 2.29. The highest BCUT2D eigenvalue weighted by atomic mass is 16.5. The molecule has 2 fully saturated rings. The van der Waals surface area contributed by atoms with E-state index >= 15 is 0 Å². The van der Waals surface area contributed by atoms with E-state index in [0.29, 0.717) is 18.3 Å². The summed E-state index contributed by atoms with van der Waals surface area (Å²) in [5.41, 5.74) is 1.08. The maximum absolute atomic E-state index is 11.8. The van der Waals surface area contributed by atoms with Crippen LogP contribution in [-0.4, -0.2) is 52.1 Å². The standard InChI is InChI=1S/C19H26N6O2/c1-13(2)18-22-17(27-23-18)12-24-7-9-25(10-8-24)15-5-6-16(20-11-15)21-19(26)14-3-4-14/h5-6,11,13-14H,3-4,7-10,12H2,1-2H3,(H,20,21,26). The Kier molecular flexibility index (Phi) is 5.07. The van der Waals surface area contributed by atoms with Crippen molar-refractivity contribution in [1.29, 1.82) is 0 Å². The Morgan fingerprint density at radius 3 is 2.63 bits per heavy atom. The van der Waals surface area contributed by atoms with Gasteiger partial charge < -0.3 is 14.7 Å². The van der Waals surface area contributed by atoms with Crippen molar-refractivity contribution in [3.05, 3.63) is 30.0 Å². The first kappa shape index (κ1) is 17.9. The predicted octanol–water partition coefficient (Wildman–Crippen LogP) is 2.26. The van der Waals surface area contributed by atoms with Crippen molar-refractivity contribution in [3.63, 3.8) is 0 Å². The van der Waals surface area contributed by atoms with E-state index in [4.69, 9.17) is 4.52 Å². The number of nitrogens with one attached hydrogen (secondary N) is 1. The fourth-order valence-electron chi connectivity index (χ4n) is 3.14. The molecule has 0 unspecified atom stereocenters. The van der Waals surface area contributed by atoms with Crippen LogP contribution in [0.15, 0.2) is 22.9 Å². The summed E-state index contributed by atoms with van der Waals surface area (Å²) in [5, 5.41) is 6.90. The smallest absolute Gasteiger partial charge is 0.240 e. The molecule has 0 spiro atoms. The highest BCUT2D eigenvalue weighted by molar-refractivity contribution is 5.93. The summed E-state index contributed by atoms with van der Waals surface area (Å²) < 4.78 is 5.35. The second-order valence-electron chi connectivity index (χ2n) is 7.63. The minimum absolute atomic E-state index is 0.0884. The largest absolute Gasteiger partial charge is 0.368 e. The maximum atomic E-state index is 11.8. The number of pyridine rings is 1. The van der Waals surface area contributed by atoms with Crippen LogP contribution in [0.4, 0.5) is 11.5 Å². The van der Waals surface area contributed by atoms with E-state index in [9.17, 15) is 4.79 Å². The van der Waals surface area contributed by atoms with Gasteiger partial charge in [0.15, 0.2) is 5.82 Å². The molecule has 0 aromatic carbocycles. The third-order valence-electron chi connectivity index (χ3n) is 5.04. The van der Waals surface area contributed by atoms with Gasteiger partial charge in [-0.25, -0.2) is 4.98 Å². The van der Waals surface area contributed by atoms with Crippen molar-refractivity contribution < 1.29 is 9.32 Å². The maximum Gasteiger partial charge on any atom is 0.240 e. The second kappa shape index (κ2) is 7.64. The van der Waals surface area contributed by atoms with Crippen molar-refractivity contribution in [2.45, 2.75) is 39.2 Å². The van der Waals surface area contributed by atoms with Gasteiger partial charge >= 0.3 is 0 Å². The molecule has 8 heteroatoms. The van der Waals surface area contributed by atoms with Gasteiger partial charge in [-0.2, -0.15) is 4.98 Å². The van der Waals surface area contributed by atoms with E-state index in [2.05, 4.69) is 44.1 Å². The molecule has 2 aromatic rings. The second-order valence-corrected chi connectivity index (χ2v) is 7.63. The zero-order valence-corrected chi connectivity index (χ0v) is 15.9. The summed E-state index contributed by atoms with van der Waals surface area (Å²) >= 11 is 0. The Labute approximate surface area is 158 Å². The van der Waals surface area contributed by atoms with E-state index in [1.165, 1.54) is 0 Å². The number of piperazine rings is 1. The lowest BCUT2D eigenvalue weighted by molar-refractivity contribution is -0.117. The molecule has 2 aliphatic rings. The van der Waals surface area contributed by atoms with Gasteiger partial charge in [-0.1, -0.05) is 19.0 Å². The first-order valence-corrected chi connectivity index (χ1v) is 9.65. The van der Waals surface area contributed by atoms with E-state index < -0.39 is 0 Å². The van der Waals surface area contributed by atoms with Crippen molar-refractivity contribution in [1.82, 2.24) is 20.0 Å². The third kappa shape index (κ3) is 4.44. The summed E-state index contributed by atoms with van der Waals surface area (Å²) in [7, 11) is 0. The van der Waals surface area contributed by atoms with E-state index in [1.54, 1.807) is 0 Å². The quantitative estimate of drug-likeness (QED) is 0.834. The fourth-order valence-corrected chi connectivity index (χ4v) is 3.14. The van der Waals surface area contributed by atoms with Crippen molar-refractivity contribution >= 4 is 17.4 Å². The molecule has 0 atom stereocenters. The summed E-state index contributed by atoms with van der Waals surface area (Å²) in [5.74, 6) is 2.64. The molecule has 4 rings (SSSR count). The minimum Gasteiger partial charge on any atom is -0.368 e. The van der Waals surface area contributed by atoms with Crippen LogP contribution >= 0.6 is 0 Å². The SMILES string of the molecule is CC(C)c1noc(CN2CCN(c3ccc(NC(=O)C4CC4)nc3)CC2)n1. The summed E-state index contributed by atoms with van der Waals surface area (Å²) in [6.07, 6.45) is 3.83. The van der Waals surface area contributed by atoms with Crippen LogP contribution in [-0.2, 0) is 11.3 Å². The van der Waals surface area contributed by atoms with Gasteiger partial charge in [-0.3, -0.25) is 9.69 Å². The Hall–Kier alpha value is -2.48. The lowest BCUT2D eigenvalue weighted by Crippen LogP contribution is -2.46. The van der Waals surface area contributed by atoms with Crippen LogP contribution in [0.2, 0.25) is 0 Å². The predicted molar refractivity (Wildman–Crippen MR) is 101 cm³/mol. The van der Waals surface area contributed by atoms with Gasteiger partial charge in [-0.15, -0.1) is 0 Å². The molecule has 1 N–H and O–H groups in total. The average molecular weight is 370 g/mol. The van der Waals surface area contributed by atoms with E-state index in [0.717, 1.165) is 50.5 Å². The number of rotatable bonds is 6. The van der Waals surface area contributed by atoms with Crippen molar-refractivity contribution in [3.8, 4) is 0 Å². The van der Waals surface area contributed by atoms with Crippen molar-refractivity contribution in [2.75, 3.05) is 36.4 Å². The lowest BCUT2D eigenvalue weighted by atomic mass is 10.2. The molecule has 0 radical (unpaired) electrons. The molecular formula is C19H26N6O2. The zero-order valence-electron chi connectivity index (χ0n) is 15.9. The van der Waals surface area contributed by atoms with Crippen LogP contribution in [0.25, 0.3) is 0 Å². The fraction of sp³-hybridized carbons (Fsp3) is 0.579. The first-order valence-electron chi connectivity index (χ1n) is 9.65. The third-order valence-corrected chi connectivity index (χ3v) is 5.04. The lowest BCUT2D eigenvalue weighted by Gasteiger charge is -2.35. The molecule has 144 valence electrons. The van der Waals surface area contributed by atoms with Gasteiger partial charge in [0.2, 0.25) is 11.8 Å². The van der Waals surface area contributed by atoms with E-state index in [-0.39, 0.29) is 17.7 Å². The van der Waals surface area contributed by atoms with Gasteiger partial charge in [0.25, 0.3) is 0 Å². The number of anilines is 2. The molecule has 3 heterocycles. The Balaban J connectivity index is 1.27. The topological polar surface area (TPSA) is 87.4 Å². The summed E-state index contributed by atoms with van der Waals surface area (Å²) in [6.45, 7) is 8.51. The Bertz CT molecular complexity index is 776. The van der Waals surface area contributed by atoms with Gasteiger partial charge in [0.1, 0.15) is 5.82 Å². The zero-order chi connectivity index (χ0) is 18.8. The Morgan fingerprint density at radius 1 is 1.26 bits per heavy atom. The number of carbonyl (C=O) groups excluding carboxylic acids is 1. The summed E-state index contributed by atoms with van der Waals surface area (Å²) in [6, 6.07) is 3.91. The van der Waals surface area contributed by atoms with Gasteiger partial charge in [0.05, 0.1) is 18.4 Å². The average Bonchev–Trinajstić information content (AvgIpc) is 3.42. The minimum atomic E-state index is 0.0884. The highest BCUT2D eigenvalue weighted by Crippen LogP contribution is 2.30. The number of nitrogens with zero attached hydrogens (tertiary/aromatic N) is 5. The molecule has 0 bridgehead atoms. The number of hydrogen-bond donors (Lipinski definition) is 1. The molecule has 27 heavy (non-hydrogen) atoms. The number of aromatic nitrogens is 3. The van der Waals surface area contributed by atoms with Gasteiger partial charge in [0, 0.05) is 38.0 Å². The van der Waals surface area contributed by atoms with Crippen LogP contribution in [0, 0.1) is 5.92 Å². The van der Waals surface area contributed by atoms with Crippen LogP contribution in [0.5, 0.6) is 0 Å². The normalized spacial score (nSPS) is 18.1. The number of carbonyl (C=O) groups is 1. The molecule has 1 amide bonds. The molecule has 1 aliphatic heterocycles. The number of hydrogen-bond acceptors (Lipinski definition) is 7.